The molecule has 6 heteroatoms. The van der Waals surface area contributed by atoms with E-state index in [0.29, 0.717) is 26.9 Å². The molecule has 1 aliphatic heterocycles. The first-order chi connectivity index (χ1) is 7.63. The van der Waals surface area contributed by atoms with Gasteiger partial charge in [0.1, 0.15) is 6.10 Å². The van der Waals surface area contributed by atoms with Crippen molar-refractivity contribution in [2.75, 3.05) is 12.1 Å². The minimum Gasteiger partial charge on any atom is -0.454 e. The molecule has 0 aromatic heterocycles. The van der Waals surface area contributed by atoms with Crippen molar-refractivity contribution in [2.45, 2.75) is 12.2 Å². The van der Waals surface area contributed by atoms with E-state index in [9.17, 15) is 10.2 Å². The van der Waals surface area contributed by atoms with Gasteiger partial charge in [-0.05, 0) is 12.1 Å². The molecule has 2 rings (SSSR count). The van der Waals surface area contributed by atoms with E-state index in [2.05, 4.69) is 31.9 Å². The van der Waals surface area contributed by atoms with Crippen molar-refractivity contribution in [3.63, 3.8) is 0 Å². The van der Waals surface area contributed by atoms with Gasteiger partial charge >= 0.3 is 0 Å². The molecule has 0 amide bonds. The van der Waals surface area contributed by atoms with E-state index in [1.54, 1.807) is 12.1 Å². The van der Waals surface area contributed by atoms with Crippen LogP contribution in [0.4, 0.5) is 0 Å². The van der Waals surface area contributed by atoms with Gasteiger partial charge in [0.25, 0.3) is 0 Å². The van der Waals surface area contributed by atoms with Crippen molar-refractivity contribution in [3.05, 3.63) is 22.2 Å². The number of benzene rings is 1. The molecule has 0 aliphatic carbocycles. The van der Waals surface area contributed by atoms with Crippen molar-refractivity contribution < 1.29 is 19.7 Å². The van der Waals surface area contributed by atoms with Gasteiger partial charge < -0.3 is 19.7 Å². The highest BCUT2D eigenvalue weighted by atomic mass is 79.9. The van der Waals surface area contributed by atoms with Gasteiger partial charge in [0.05, 0.1) is 6.10 Å². The molecule has 16 heavy (non-hydrogen) atoms. The van der Waals surface area contributed by atoms with Crippen LogP contribution in [-0.4, -0.2) is 28.4 Å². The van der Waals surface area contributed by atoms with Gasteiger partial charge in [-0.3, -0.25) is 0 Å². The quantitative estimate of drug-likeness (QED) is 0.816. The van der Waals surface area contributed by atoms with Gasteiger partial charge in [-0.2, -0.15) is 0 Å². The highest BCUT2D eigenvalue weighted by Gasteiger charge is 2.24. The first-order valence-corrected chi connectivity index (χ1v) is 6.56. The molecule has 4 nitrogen and oxygen atoms in total. The second-order valence-electron chi connectivity index (χ2n) is 3.39. The molecule has 0 saturated carbocycles. The van der Waals surface area contributed by atoms with E-state index in [0.717, 1.165) is 0 Å². The number of alkyl halides is 1. The smallest absolute Gasteiger partial charge is 0.231 e. The second-order valence-corrected chi connectivity index (χ2v) is 4.90. The summed E-state index contributed by atoms with van der Waals surface area (Å²) in [6.45, 7) is 0.183. The Hall–Kier alpha value is -0.300. The molecule has 0 saturated heterocycles. The maximum atomic E-state index is 9.89. The highest BCUT2D eigenvalue weighted by molar-refractivity contribution is 9.10. The van der Waals surface area contributed by atoms with Crippen LogP contribution in [-0.2, 0) is 0 Å². The van der Waals surface area contributed by atoms with Crippen molar-refractivity contribution in [3.8, 4) is 11.5 Å². The number of hydrogen-bond donors (Lipinski definition) is 2. The largest absolute Gasteiger partial charge is 0.454 e. The summed E-state index contributed by atoms with van der Waals surface area (Å²) in [5.41, 5.74) is 0.580. The van der Waals surface area contributed by atoms with E-state index in [1.807, 2.05) is 0 Å². The van der Waals surface area contributed by atoms with E-state index >= 15 is 0 Å². The van der Waals surface area contributed by atoms with Crippen LogP contribution in [0.1, 0.15) is 11.7 Å². The van der Waals surface area contributed by atoms with Crippen LogP contribution in [0.25, 0.3) is 0 Å². The van der Waals surface area contributed by atoms with Gasteiger partial charge in [-0.1, -0.05) is 31.9 Å². The summed E-state index contributed by atoms with van der Waals surface area (Å²) in [6.07, 6.45) is -1.83. The third-order valence-corrected chi connectivity index (χ3v) is 3.68. The van der Waals surface area contributed by atoms with Crippen LogP contribution in [0, 0.1) is 0 Å². The summed E-state index contributed by atoms with van der Waals surface area (Å²) in [6, 6.07) is 3.39. The number of hydrogen-bond acceptors (Lipinski definition) is 4. The van der Waals surface area contributed by atoms with Crippen molar-refractivity contribution in [1.82, 2.24) is 0 Å². The highest BCUT2D eigenvalue weighted by Crippen LogP contribution is 2.39. The number of fused-ring (bicyclic) bond motifs is 1. The SMILES string of the molecule is OC(CBr)C(O)c1cc2c(cc1Br)OCO2. The molecule has 1 aromatic carbocycles. The topological polar surface area (TPSA) is 58.9 Å². The number of halogens is 2. The van der Waals surface area contributed by atoms with Gasteiger partial charge in [-0.25, -0.2) is 0 Å². The van der Waals surface area contributed by atoms with Gasteiger partial charge in [0, 0.05) is 15.4 Å². The first-order valence-electron chi connectivity index (χ1n) is 4.64. The molecule has 2 N–H and O–H groups in total. The molecule has 1 aliphatic rings. The molecule has 0 radical (unpaired) electrons. The molecule has 1 aromatic rings. The van der Waals surface area contributed by atoms with Crippen LogP contribution in [0.15, 0.2) is 16.6 Å². The maximum Gasteiger partial charge on any atom is 0.231 e. The van der Waals surface area contributed by atoms with Crippen LogP contribution in [0.2, 0.25) is 0 Å². The van der Waals surface area contributed by atoms with Crippen molar-refractivity contribution in [1.29, 1.82) is 0 Å². The lowest BCUT2D eigenvalue weighted by Crippen LogP contribution is -2.19. The monoisotopic (exact) mass is 352 g/mol. The lowest BCUT2D eigenvalue weighted by atomic mass is 10.0. The molecule has 2 unspecified atom stereocenters. The second kappa shape index (κ2) is 4.91. The van der Waals surface area contributed by atoms with Crippen LogP contribution in [0.5, 0.6) is 11.5 Å². The summed E-state index contributed by atoms with van der Waals surface area (Å²) in [7, 11) is 0. The van der Waals surface area contributed by atoms with Crippen LogP contribution >= 0.6 is 31.9 Å². The summed E-state index contributed by atoms with van der Waals surface area (Å²) in [5.74, 6) is 1.22. The Morgan fingerprint density at radius 1 is 1.25 bits per heavy atom. The minimum atomic E-state index is -0.969. The lowest BCUT2D eigenvalue weighted by molar-refractivity contribution is 0.0337. The van der Waals surface area contributed by atoms with Crippen molar-refractivity contribution in [2.24, 2.45) is 0 Å². The van der Waals surface area contributed by atoms with E-state index in [4.69, 9.17) is 9.47 Å². The zero-order valence-electron chi connectivity index (χ0n) is 8.19. The summed E-state index contributed by atoms with van der Waals surface area (Å²) >= 11 is 6.44. The van der Waals surface area contributed by atoms with Gasteiger partial charge in [0.2, 0.25) is 6.79 Å². The fourth-order valence-corrected chi connectivity index (χ4v) is 2.36. The number of rotatable bonds is 3. The fraction of sp³-hybridized carbons (Fsp3) is 0.400. The molecular formula is C10H10Br2O4. The maximum absolute atomic E-state index is 9.89. The van der Waals surface area contributed by atoms with Gasteiger partial charge in [-0.15, -0.1) is 0 Å². The molecule has 88 valence electrons. The summed E-state index contributed by atoms with van der Waals surface area (Å²) < 4.78 is 11.1. The molecule has 0 bridgehead atoms. The van der Waals surface area contributed by atoms with Crippen LogP contribution < -0.4 is 9.47 Å². The average Bonchev–Trinajstić information content (AvgIpc) is 2.72. The van der Waals surface area contributed by atoms with Crippen molar-refractivity contribution >= 4 is 31.9 Å². The molecule has 0 spiro atoms. The predicted octanol–water partition coefficient (Wildman–Crippen LogP) is 1.97. The Labute approximate surface area is 109 Å². The minimum absolute atomic E-state index is 0.183. The Balaban J connectivity index is 2.34. The standard InChI is InChI=1S/C10H10Br2O4/c11-3-7(13)10(14)5-1-8-9(2-6(5)12)16-4-15-8/h1-2,7,10,13-14H,3-4H2. The number of aliphatic hydroxyl groups is 2. The van der Waals surface area contributed by atoms with E-state index < -0.39 is 12.2 Å². The summed E-state index contributed by atoms with van der Waals surface area (Å²) in [4.78, 5) is 0. The Kier molecular flexibility index (Phi) is 3.73. The lowest BCUT2D eigenvalue weighted by Gasteiger charge is -2.17. The predicted molar refractivity (Wildman–Crippen MR) is 65.0 cm³/mol. The van der Waals surface area contributed by atoms with E-state index in [1.165, 1.54) is 0 Å². The molecule has 0 fully saturated rings. The molecule has 1 heterocycles. The zero-order chi connectivity index (χ0) is 11.7. The third kappa shape index (κ3) is 2.20. The van der Waals surface area contributed by atoms with E-state index in [-0.39, 0.29) is 6.79 Å². The Morgan fingerprint density at radius 2 is 1.88 bits per heavy atom. The fourth-order valence-electron chi connectivity index (χ4n) is 1.45. The van der Waals surface area contributed by atoms with Gasteiger partial charge in [0.15, 0.2) is 11.5 Å². The Morgan fingerprint density at radius 3 is 2.50 bits per heavy atom. The van der Waals surface area contributed by atoms with Crippen LogP contribution in [0.3, 0.4) is 0 Å². The average molecular weight is 354 g/mol. The molecule has 2 atom stereocenters. The normalized spacial score (nSPS) is 17.2. The number of ether oxygens (including phenoxy) is 2. The zero-order valence-corrected chi connectivity index (χ0v) is 11.4. The Bertz CT molecular complexity index is 397. The number of aliphatic hydroxyl groups excluding tert-OH is 2. The third-order valence-electron chi connectivity index (χ3n) is 2.33. The molecular weight excluding hydrogens is 344 g/mol. The first kappa shape index (κ1) is 12.2. The summed E-state index contributed by atoms with van der Waals surface area (Å²) in [5, 5.41) is 19.8.